The quantitative estimate of drug-likeness (QED) is 0.330. The maximum Gasteiger partial charge on any atom is 0.325 e. The monoisotopic (exact) mass is 471 g/mol. The van der Waals surface area contributed by atoms with E-state index in [1.807, 2.05) is 60.9 Å². The van der Waals surface area contributed by atoms with E-state index in [1.165, 1.54) is 0 Å². The summed E-state index contributed by atoms with van der Waals surface area (Å²) in [6.45, 7) is 4.97. The molecule has 1 N–H and O–H groups in total. The molecule has 3 amide bonds. The van der Waals surface area contributed by atoms with E-state index in [9.17, 15) is 14.4 Å². The van der Waals surface area contributed by atoms with Crippen LogP contribution in [0.15, 0.2) is 65.1 Å². The van der Waals surface area contributed by atoms with Crippen molar-refractivity contribution in [2.24, 2.45) is 0 Å². The molecule has 1 fully saturated rings. The summed E-state index contributed by atoms with van der Waals surface area (Å²) in [5.41, 5.74) is 2.15. The van der Waals surface area contributed by atoms with Crippen LogP contribution in [-0.4, -0.2) is 40.8 Å². The molecule has 1 atom stereocenters. The van der Waals surface area contributed by atoms with E-state index >= 15 is 0 Å². The zero-order valence-electron chi connectivity index (χ0n) is 19.9. The van der Waals surface area contributed by atoms with E-state index < -0.39 is 17.5 Å². The number of nitrogens with zero attached hydrogens (tertiary/aromatic N) is 2. The van der Waals surface area contributed by atoms with Gasteiger partial charge in [0.1, 0.15) is 17.1 Å². The van der Waals surface area contributed by atoms with Gasteiger partial charge in [-0.3, -0.25) is 14.5 Å². The third-order valence-corrected chi connectivity index (χ3v) is 6.56. The molecule has 0 saturated carbocycles. The lowest BCUT2D eigenvalue weighted by Crippen LogP contribution is -2.41. The second-order valence-electron chi connectivity index (χ2n) is 8.84. The van der Waals surface area contributed by atoms with Crippen LogP contribution in [0.1, 0.15) is 34.4 Å². The lowest BCUT2D eigenvalue weighted by Gasteiger charge is -2.18. The van der Waals surface area contributed by atoms with Crippen molar-refractivity contribution in [3.8, 4) is 11.4 Å². The number of ketones is 1. The molecular formula is C27H25N3O5. The van der Waals surface area contributed by atoms with E-state index in [-0.39, 0.29) is 12.3 Å². The summed E-state index contributed by atoms with van der Waals surface area (Å²) in [6.07, 6.45) is 0. The number of rotatable bonds is 6. The average molecular weight is 472 g/mol. The lowest BCUT2D eigenvalue weighted by molar-refractivity contribution is -0.131. The molecular weight excluding hydrogens is 446 g/mol. The van der Waals surface area contributed by atoms with Gasteiger partial charge in [-0.1, -0.05) is 18.2 Å². The molecule has 1 unspecified atom stereocenters. The summed E-state index contributed by atoms with van der Waals surface area (Å²) in [5.74, 6) is 0.206. The minimum atomic E-state index is -1.39. The molecule has 0 radical (unpaired) electrons. The van der Waals surface area contributed by atoms with Crippen molar-refractivity contribution >= 4 is 28.7 Å². The SMILES string of the molecule is COc1ccc(-n2c(C)cc(C(=O)CN3C(=O)NC(C)(c4cc5ccccc5o4)C3=O)c2C)cc1. The van der Waals surface area contributed by atoms with Crippen LogP contribution in [-0.2, 0) is 10.3 Å². The van der Waals surface area contributed by atoms with E-state index in [4.69, 9.17) is 9.15 Å². The number of Topliss-reactive ketones (excluding diaryl/α,β-unsaturated/α-hetero) is 1. The largest absolute Gasteiger partial charge is 0.497 e. The zero-order chi connectivity index (χ0) is 24.9. The minimum absolute atomic E-state index is 0.324. The molecule has 4 aromatic rings. The Morgan fingerprint density at radius 1 is 1.06 bits per heavy atom. The molecule has 0 aliphatic carbocycles. The van der Waals surface area contributed by atoms with E-state index in [0.717, 1.165) is 33.1 Å². The van der Waals surface area contributed by atoms with Gasteiger partial charge >= 0.3 is 6.03 Å². The van der Waals surface area contributed by atoms with Gasteiger partial charge < -0.3 is 19.0 Å². The number of hydrogen-bond acceptors (Lipinski definition) is 5. The minimum Gasteiger partial charge on any atom is -0.497 e. The van der Waals surface area contributed by atoms with Crippen LogP contribution >= 0.6 is 0 Å². The summed E-state index contributed by atoms with van der Waals surface area (Å²) in [6, 6.07) is 17.8. The van der Waals surface area contributed by atoms with Gasteiger partial charge in [-0.05, 0) is 63.2 Å². The Morgan fingerprint density at radius 2 is 1.77 bits per heavy atom. The number of nitrogens with one attached hydrogen (secondary N) is 1. The van der Waals surface area contributed by atoms with Gasteiger partial charge in [0.2, 0.25) is 0 Å². The fourth-order valence-electron chi connectivity index (χ4n) is 4.64. The number of methoxy groups -OCH3 is 1. The average Bonchev–Trinajstić information content (AvgIpc) is 3.48. The first-order valence-corrected chi connectivity index (χ1v) is 11.2. The Labute approximate surface area is 202 Å². The van der Waals surface area contributed by atoms with Crippen LogP contribution in [0.4, 0.5) is 4.79 Å². The molecule has 8 heteroatoms. The van der Waals surface area contributed by atoms with Crippen LogP contribution in [0.25, 0.3) is 16.7 Å². The number of amides is 3. The van der Waals surface area contributed by atoms with Crippen molar-refractivity contribution in [2.75, 3.05) is 13.7 Å². The van der Waals surface area contributed by atoms with Crippen molar-refractivity contribution in [1.82, 2.24) is 14.8 Å². The summed E-state index contributed by atoms with van der Waals surface area (Å²) < 4.78 is 13.0. The fourth-order valence-corrected chi connectivity index (χ4v) is 4.64. The zero-order valence-corrected chi connectivity index (χ0v) is 19.9. The van der Waals surface area contributed by atoms with Gasteiger partial charge in [-0.15, -0.1) is 0 Å². The number of aromatic nitrogens is 1. The molecule has 3 heterocycles. The van der Waals surface area contributed by atoms with Gasteiger partial charge in [-0.25, -0.2) is 4.79 Å². The normalized spacial score (nSPS) is 17.8. The highest BCUT2D eigenvalue weighted by Crippen LogP contribution is 2.33. The number of carbonyl (C=O) groups is 3. The van der Waals surface area contributed by atoms with Gasteiger partial charge in [0.05, 0.1) is 13.7 Å². The highest BCUT2D eigenvalue weighted by Gasteiger charge is 2.51. The molecule has 5 rings (SSSR count). The van der Waals surface area contributed by atoms with E-state index in [2.05, 4.69) is 5.32 Å². The van der Waals surface area contributed by atoms with E-state index in [1.54, 1.807) is 32.2 Å². The first-order valence-electron chi connectivity index (χ1n) is 11.2. The van der Waals surface area contributed by atoms with Crippen LogP contribution in [0.2, 0.25) is 0 Å². The number of imide groups is 1. The first-order chi connectivity index (χ1) is 16.7. The molecule has 1 aliphatic heterocycles. The number of ether oxygens (including phenoxy) is 1. The van der Waals surface area contributed by atoms with E-state index in [0.29, 0.717) is 16.9 Å². The number of furan rings is 1. The molecule has 2 aromatic carbocycles. The highest BCUT2D eigenvalue weighted by molar-refractivity contribution is 6.11. The van der Waals surface area contributed by atoms with Crippen molar-refractivity contribution < 1.29 is 23.5 Å². The number of benzene rings is 2. The van der Waals surface area contributed by atoms with Gasteiger partial charge in [0.15, 0.2) is 11.3 Å². The van der Waals surface area contributed by atoms with Crippen molar-refractivity contribution in [2.45, 2.75) is 26.3 Å². The van der Waals surface area contributed by atoms with Crippen molar-refractivity contribution in [3.63, 3.8) is 0 Å². The lowest BCUT2D eigenvalue weighted by atomic mass is 9.98. The summed E-state index contributed by atoms with van der Waals surface area (Å²) >= 11 is 0. The Balaban J connectivity index is 1.41. The first kappa shape index (κ1) is 22.5. The Bertz CT molecular complexity index is 1450. The van der Waals surface area contributed by atoms with Crippen molar-refractivity contribution in [3.05, 3.63) is 83.4 Å². The van der Waals surface area contributed by atoms with Crippen LogP contribution in [0, 0.1) is 13.8 Å². The molecule has 0 spiro atoms. The predicted octanol–water partition coefficient (Wildman–Crippen LogP) is 4.50. The molecule has 2 aromatic heterocycles. The molecule has 178 valence electrons. The van der Waals surface area contributed by atoms with Gasteiger partial charge in [0.25, 0.3) is 5.91 Å². The second kappa shape index (κ2) is 8.16. The third kappa shape index (κ3) is 3.58. The molecule has 35 heavy (non-hydrogen) atoms. The number of carbonyl (C=O) groups excluding carboxylic acids is 3. The summed E-state index contributed by atoms with van der Waals surface area (Å²) in [5, 5.41) is 3.53. The topological polar surface area (TPSA) is 93.8 Å². The number of fused-ring (bicyclic) bond motifs is 1. The smallest absolute Gasteiger partial charge is 0.325 e. The molecule has 0 bridgehead atoms. The standard InChI is InChI=1S/C27H25N3O5/c1-16-13-21(17(2)30(16)19-9-11-20(34-4)12-10-19)22(31)15-29-25(32)27(3,28-26(29)33)24-14-18-7-5-6-8-23(18)35-24/h5-14H,15H2,1-4H3,(H,28,33). The maximum absolute atomic E-state index is 13.3. The predicted molar refractivity (Wildman–Crippen MR) is 130 cm³/mol. The number of aryl methyl sites for hydroxylation is 1. The molecule has 1 saturated heterocycles. The van der Waals surface area contributed by atoms with Gasteiger partial charge in [0, 0.05) is 28.0 Å². The molecule has 1 aliphatic rings. The highest BCUT2D eigenvalue weighted by atomic mass is 16.5. The number of urea groups is 1. The Morgan fingerprint density at radius 3 is 2.46 bits per heavy atom. The van der Waals surface area contributed by atoms with Crippen LogP contribution in [0.3, 0.4) is 0 Å². The van der Waals surface area contributed by atoms with Crippen molar-refractivity contribution in [1.29, 1.82) is 0 Å². The van der Waals surface area contributed by atoms with Gasteiger partial charge in [-0.2, -0.15) is 0 Å². The Hall–Kier alpha value is -4.33. The van der Waals surface area contributed by atoms with Crippen LogP contribution < -0.4 is 10.1 Å². The Kier molecular flexibility index (Phi) is 5.24. The third-order valence-electron chi connectivity index (χ3n) is 6.56. The summed E-state index contributed by atoms with van der Waals surface area (Å²) in [7, 11) is 1.60. The maximum atomic E-state index is 13.3. The van der Waals surface area contributed by atoms with Crippen LogP contribution in [0.5, 0.6) is 5.75 Å². The summed E-state index contributed by atoms with van der Waals surface area (Å²) in [4.78, 5) is 40.3. The molecule has 8 nitrogen and oxygen atoms in total. The fraction of sp³-hybridized carbons (Fsp3) is 0.222. The second-order valence-corrected chi connectivity index (χ2v) is 8.84. The number of para-hydroxylation sites is 1. The number of hydrogen-bond donors (Lipinski definition) is 1.